The number of hydrogen-bond donors (Lipinski definition) is 1. The molecule has 0 aromatic carbocycles. The molecule has 0 spiro atoms. The van der Waals surface area contributed by atoms with Crippen LogP contribution in [0.25, 0.3) is 0 Å². The van der Waals surface area contributed by atoms with Crippen molar-refractivity contribution in [2.24, 2.45) is 0 Å². The van der Waals surface area contributed by atoms with Gasteiger partial charge in [-0.05, 0) is 5.41 Å². The first-order valence-electron chi connectivity index (χ1n) is 2.53. The monoisotopic (exact) mass is 145 g/mol. The van der Waals surface area contributed by atoms with Crippen molar-refractivity contribution in [3.05, 3.63) is 11.6 Å². The molecule has 0 saturated carbocycles. The molecule has 50 valence electrons. The van der Waals surface area contributed by atoms with Crippen molar-refractivity contribution in [3.8, 4) is 0 Å². The summed E-state index contributed by atoms with van der Waals surface area (Å²) in [5, 5.41) is 4.67. The molecular weight excluding hydrogens is 138 g/mol. The molecule has 4 heteroatoms. The molecule has 0 bridgehead atoms. The van der Waals surface area contributed by atoms with Gasteiger partial charge in [0.15, 0.2) is 0 Å². The van der Waals surface area contributed by atoms with E-state index in [1.807, 2.05) is 5.41 Å². The molecule has 1 atom stereocenters. The summed E-state index contributed by atoms with van der Waals surface area (Å²) in [6.07, 6.45) is 1.75. The third kappa shape index (κ3) is 1.97. The average molecular weight is 145 g/mol. The van der Waals surface area contributed by atoms with E-state index in [1.165, 1.54) is 18.7 Å². The second kappa shape index (κ2) is 2.77. The van der Waals surface area contributed by atoms with Gasteiger partial charge in [0.25, 0.3) is 0 Å². The summed E-state index contributed by atoms with van der Waals surface area (Å²) >= 11 is 1.44. The minimum absolute atomic E-state index is 0.206. The number of thioether (sulfide) groups is 1. The van der Waals surface area contributed by atoms with Crippen molar-refractivity contribution in [3.63, 3.8) is 0 Å². The van der Waals surface area contributed by atoms with Crippen LogP contribution in [0.1, 0.15) is 6.92 Å². The lowest BCUT2D eigenvalue weighted by atomic mass is 10.8. The predicted octanol–water partition coefficient (Wildman–Crippen LogP) is 0.641. The summed E-state index contributed by atoms with van der Waals surface area (Å²) in [4.78, 5) is 10.3. The highest BCUT2D eigenvalue weighted by Crippen LogP contribution is 2.15. The zero-order valence-corrected chi connectivity index (χ0v) is 5.77. The molecule has 1 unspecified atom stereocenters. The Balaban J connectivity index is 2.22. The van der Waals surface area contributed by atoms with Crippen LogP contribution in [0.5, 0.6) is 0 Å². The van der Waals surface area contributed by atoms with Crippen molar-refractivity contribution < 1.29 is 9.53 Å². The zero-order valence-electron chi connectivity index (χ0n) is 4.96. The van der Waals surface area contributed by atoms with E-state index in [1.54, 1.807) is 6.20 Å². The number of rotatable bonds is 1. The smallest absolute Gasteiger partial charge is 0.305 e. The molecule has 0 amide bonds. The molecule has 0 radical (unpaired) electrons. The Bertz CT molecular complexity index is 138. The molecule has 1 N–H and O–H groups in total. The van der Waals surface area contributed by atoms with Gasteiger partial charge < -0.3 is 10.1 Å². The fraction of sp³-hybridized carbons (Fsp3) is 0.400. The van der Waals surface area contributed by atoms with E-state index in [4.69, 9.17) is 4.74 Å². The maximum absolute atomic E-state index is 10.3. The number of nitrogens with one attached hydrogen (secondary N) is 1. The highest BCUT2D eigenvalue weighted by Gasteiger charge is 2.11. The molecule has 0 aliphatic carbocycles. The Morgan fingerprint density at radius 1 is 1.89 bits per heavy atom. The molecule has 0 aromatic rings. The largest absolute Gasteiger partial charge is 0.432 e. The van der Waals surface area contributed by atoms with Crippen LogP contribution in [-0.4, -0.2) is 11.5 Å². The summed E-state index contributed by atoms with van der Waals surface area (Å²) in [5.41, 5.74) is -0.206. The average Bonchev–Trinajstić information content (AvgIpc) is 2.15. The van der Waals surface area contributed by atoms with E-state index in [-0.39, 0.29) is 11.5 Å². The first kappa shape index (κ1) is 6.48. The molecular formula is C5H7NO2S. The molecule has 0 aromatic heterocycles. The lowest BCUT2D eigenvalue weighted by molar-refractivity contribution is -0.142. The zero-order chi connectivity index (χ0) is 6.69. The van der Waals surface area contributed by atoms with Gasteiger partial charge in [0.2, 0.25) is 5.56 Å². The Kier molecular flexibility index (Phi) is 2.00. The van der Waals surface area contributed by atoms with E-state index in [9.17, 15) is 4.79 Å². The molecule has 3 nitrogen and oxygen atoms in total. The van der Waals surface area contributed by atoms with Gasteiger partial charge in [-0.2, -0.15) is 0 Å². The van der Waals surface area contributed by atoms with Crippen molar-refractivity contribution in [1.82, 2.24) is 5.32 Å². The van der Waals surface area contributed by atoms with Gasteiger partial charge in [-0.1, -0.05) is 11.8 Å². The normalized spacial score (nSPS) is 23.4. The Hall–Kier alpha value is -0.640. The summed E-state index contributed by atoms with van der Waals surface area (Å²) < 4.78 is 4.76. The summed E-state index contributed by atoms with van der Waals surface area (Å²) in [6.45, 7) is 1.39. The van der Waals surface area contributed by atoms with Gasteiger partial charge in [0, 0.05) is 13.1 Å². The van der Waals surface area contributed by atoms with Crippen LogP contribution < -0.4 is 5.32 Å². The topological polar surface area (TPSA) is 38.3 Å². The Morgan fingerprint density at radius 3 is 3.11 bits per heavy atom. The summed E-state index contributed by atoms with van der Waals surface area (Å²) in [7, 11) is 0. The molecule has 1 aliphatic rings. The number of ether oxygens (including phenoxy) is 1. The highest BCUT2D eigenvalue weighted by atomic mass is 32.2. The molecule has 1 aliphatic heterocycles. The lowest BCUT2D eigenvalue weighted by Gasteiger charge is -2.08. The van der Waals surface area contributed by atoms with Crippen LogP contribution in [0.4, 0.5) is 0 Å². The maximum Gasteiger partial charge on any atom is 0.305 e. The summed E-state index contributed by atoms with van der Waals surface area (Å²) in [5.74, 6) is -0.260. The number of carbonyl (C=O) groups is 1. The van der Waals surface area contributed by atoms with Gasteiger partial charge in [-0.3, -0.25) is 4.79 Å². The lowest BCUT2D eigenvalue weighted by Crippen LogP contribution is -2.21. The van der Waals surface area contributed by atoms with Gasteiger partial charge in [0.1, 0.15) is 0 Å². The van der Waals surface area contributed by atoms with Gasteiger partial charge >= 0.3 is 5.97 Å². The second-order valence-corrected chi connectivity index (χ2v) is 2.52. The quantitative estimate of drug-likeness (QED) is 0.549. The second-order valence-electron chi connectivity index (χ2n) is 1.55. The minimum atomic E-state index is -0.260. The highest BCUT2D eigenvalue weighted by molar-refractivity contribution is 8.02. The van der Waals surface area contributed by atoms with E-state index in [0.717, 1.165) is 0 Å². The molecule has 1 heterocycles. The fourth-order valence-corrected chi connectivity index (χ4v) is 1.13. The van der Waals surface area contributed by atoms with Crippen molar-refractivity contribution in [2.45, 2.75) is 12.5 Å². The van der Waals surface area contributed by atoms with E-state index in [0.29, 0.717) is 0 Å². The molecule has 0 fully saturated rings. The number of carbonyl (C=O) groups excluding carboxylic acids is 1. The van der Waals surface area contributed by atoms with E-state index in [2.05, 4.69) is 5.32 Å². The minimum Gasteiger partial charge on any atom is -0.432 e. The third-order valence-corrected chi connectivity index (χ3v) is 1.55. The van der Waals surface area contributed by atoms with Crippen molar-refractivity contribution in [1.29, 1.82) is 0 Å². The van der Waals surface area contributed by atoms with Crippen LogP contribution in [0, 0.1) is 0 Å². The van der Waals surface area contributed by atoms with Crippen LogP contribution in [-0.2, 0) is 9.53 Å². The number of esters is 1. The number of hydrogen-bond acceptors (Lipinski definition) is 4. The Labute approximate surface area is 57.5 Å². The summed E-state index contributed by atoms with van der Waals surface area (Å²) in [6, 6.07) is 0. The maximum atomic E-state index is 10.3. The van der Waals surface area contributed by atoms with Gasteiger partial charge in [-0.25, -0.2) is 0 Å². The van der Waals surface area contributed by atoms with Gasteiger partial charge in [0.05, 0.1) is 0 Å². The molecule has 0 saturated heterocycles. The predicted molar refractivity (Wildman–Crippen MR) is 35.4 cm³/mol. The fourth-order valence-electron chi connectivity index (χ4n) is 0.480. The molecule has 9 heavy (non-hydrogen) atoms. The molecule has 1 rings (SSSR count). The van der Waals surface area contributed by atoms with E-state index >= 15 is 0 Å². The van der Waals surface area contributed by atoms with Crippen molar-refractivity contribution in [2.75, 3.05) is 0 Å². The SMILES string of the molecule is CC(=O)OC1NC=CS1. The van der Waals surface area contributed by atoms with Crippen LogP contribution >= 0.6 is 11.8 Å². The van der Waals surface area contributed by atoms with Crippen LogP contribution in [0.15, 0.2) is 11.6 Å². The van der Waals surface area contributed by atoms with Crippen LogP contribution in [0.3, 0.4) is 0 Å². The Morgan fingerprint density at radius 2 is 2.67 bits per heavy atom. The third-order valence-electron chi connectivity index (χ3n) is 0.776. The van der Waals surface area contributed by atoms with Crippen molar-refractivity contribution >= 4 is 17.7 Å². The first-order chi connectivity index (χ1) is 4.29. The standard InChI is InChI=1S/C5H7NO2S/c1-4(7)8-5-6-2-3-9-5/h2-3,5-6H,1H3. The first-order valence-corrected chi connectivity index (χ1v) is 3.47. The van der Waals surface area contributed by atoms with E-state index < -0.39 is 0 Å². The van der Waals surface area contributed by atoms with Gasteiger partial charge in [-0.15, -0.1) is 0 Å². The van der Waals surface area contributed by atoms with Crippen LogP contribution in [0.2, 0.25) is 0 Å².